The second kappa shape index (κ2) is 3.53. The van der Waals surface area contributed by atoms with E-state index >= 15 is 0 Å². The second-order valence-electron chi connectivity index (χ2n) is 3.40. The molecule has 0 N–H and O–H groups in total. The number of pyridine rings is 1. The second-order valence-corrected chi connectivity index (χ2v) is 3.40. The van der Waals surface area contributed by atoms with Gasteiger partial charge in [0.2, 0.25) is 0 Å². The molecule has 64 valence electrons. The van der Waals surface area contributed by atoms with Crippen LogP contribution in [0, 0.1) is 13.8 Å². The molecule has 0 saturated heterocycles. The van der Waals surface area contributed by atoms with Gasteiger partial charge in [-0.25, -0.2) is 0 Å². The van der Waals surface area contributed by atoms with E-state index in [2.05, 4.69) is 37.9 Å². The molecule has 0 radical (unpaired) electrons. The molecule has 0 bridgehead atoms. The third kappa shape index (κ3) is 2.19. The van der Waals surface area contributed by atoms with E-state index in [-0.39, 0.29) is 0 Å². The van der Waals surface area contributed by atoms with E-state index < -0.39 is 0 Å². The Bertz CT molecular complexity index is 307. The van der Waals surface area contributed by atoms with Crippen molar-refractivity contribution in [2.45, 2.75) is 27.7 Å². The van der Waals surface area contributed by atoms with Gasteiger partial charge in [-0.3, -0.25) is 4.98 Å². The van der Waals surface area contributed by atoms with E-state index in [0.717, 1.165) is 5.69 Å². The molecule has 1 aromatic rings. The molecule has 0 aliphatic rings. The van der Waals surface area contributed by atoms with Crippen LogP contribution in [0.15, 0.2) is 17.8 Å². The van der Waals surface area contributed by atoms with Crippen molar-refractivity contribution in [2.24, 2.45) is 0 Å². The lowest BCUT2D eigenvalue weighted by Crippen LogP contribution is -1.86. The van der Waals surface area contributed by atoms with Gasteiger partial charge in [-0.1, -0.05) is 11.6 Å². The van der Waals surface area contributed by atoms with E-state index in [1.807, 2.05) is 13.1 Å². The number of hydrogen-bond acceptors (Lipinski definition) is 1. The summed E-state index contributed by atoms with van der Waals surface area (Å²) in [7, 11) is 0. The summed E-state index contributed by atoms with van der Waals surface area (Å²) in [5.74, 6) is 0. The number of allylic oxidation sites excluding steroid dienone is 1. The molecule has 0 aromatic carbocycles. The summed E-state index contributed by atoms with van der Waals surface area (Å²) >= 11 is 0. The van der Waals surface area contributed by atoms with Gasteiger partial charge >= 0.3 is 0 Å². The minimum Gasteiger partial charge on any atom is -0.261 e. The van der Waals surface area contributed by atoms with Gasteiger partial charge in [0.15, 0.2) is 0 Å². The van der Waals surface area contributed by atoms with Gasteiger partial charge in [-0.15, -0.1) is 0 Å². The first-order chi connectivity index (χ1) is 5.59. The summed E-state index contributed by atoms with van der Waals surface area (Å²) in [5.41, 5.74) is 4.91. The van der Waals surface area contributed by atoms with Crippen LogP contribution in [0.25, 0.3) is 6.08 Å². The Balaban J connectivity index is 3.10. The Morgan fingerprint density at radius 3 is 2.50 bits per heavy atom. The maximum atomic E-state index is 4.25. The molecular weight excluding hydrogens is 146 g/mol. The van der Waals surface area contributed by atoms with Crippen LogP contribution in [0.3, 0.4) is 0 Å². The number of rotatable bonds is 1. The highest BCUT2D eigenvalue weighted by atomic mass is 14.7. The Labute approximate surface area is 74.2 Å². The van der Waals surface area contributed by atoms with Crippen LogP contribution in [0.5, 0.6) is 0 Å². The standard InChI is InChI=1S/C11H15N/c1-8(2)5-11-7-12-10(4)6-9(11)3/h5-7H,1-4H3. The topological polar surface area (TPSA) is 12.9 Å². The lowest BCUT2D eigenvalue weighted by Gasteiger charge is -2.01. The summed E-state index contributed by atoms with van der Waals surface area (Å²) in [6.07, 6.45) is 4.08. The fourth-order valence-corrected chi connectivity index (χ4v) is 1.17. The first-order valence-corrected chi connectivity index (χ1v) is 4.18. The van der Waals surface area contributed by atoms with Crippen molar-refractivity contribution >= 4 is 6.08 Å². The molecule has 1 heteroatoms. The summed E-state index contributed by atoms with van der Waals surface area (Å²) in [5, 5.41) is 0. The van der Waals surface area contributed by atoms with E-state index in [4.69, 9.17) is 0 Å². The fraction of sp³-hybridized carbons (Fsp3) is 0.364. The van der Waals surface area contributed by atoms with Crippen LogP contribution in [0.1, 0.15) is 30.7 Å². The summed E-state index contributed by atoms with van der Waals surface area (Å²) in [6, 6.07) is 2.11. The van der Waals surface area contributed by atoms with Crippen molar-refractivity contribution in [3.63, 3.8) is 0 Å². The molecule has 0 fully saturated rings. The quantitative estimate of drug-likeness (QED) is 0.616. The molecule has 0 unspecified atom stereocenters. The van der Waals surface area contributed by atoms with E-state index in [0.29, 0.717) is 0 Å². The predicted molar refractivity (Wildman–Crippen MR) is 53.0 cm³/mol. The lowest BCUT2D eigenvalue weighted by atomic mass is 10.1. The molecule has 0 aliphatic heterocycles. The molecule has 12 heavy (non-hydrogen) atoms. The highest BCUT2D eigenvalue weighted by Gasteiger charge is 1.94. The molecule has 0 aliphatic carbocycles. The van der Waals surface area contributed by atoms with E-state index in [9.17, 15) is 0 Å². The number of aryl methyl sites for hydroxylation is 2. The summed E-state index contributed by atoms with van der Waals surface area (Å²) in [6.45, 7) is 8.32. The molecule has 1 nitrogen and oxygen atoms in total. The molecule has 0 saturated carbocycles. The molecule has 0 spiro atoms. The van der Waals surface area contributed by atoms with Gasteiger partial charge in [-0.2, -0.15) is 0 Å². The maximum Gasteiger partial charge on any atom is 0.0375 e. The van der Waals surface area contributed by atoms with E-state index in [1.165, 1.54) is 16.7 Å². The maximum absolute atomic E-state index is 4.25. The van der Waals surface area contributed by atoms with Crippen LogP contribution in [-0.4, -0.2) is 4.98 Å². The van der Waals surface area contributed by atoms with Crippen molar-refractivity contribution in [2.75, 3.05) is 0 Å². The zero-order valence-corrected chi connectivity index (χ0v) is 8.18. The van der Waals surface area contributed by atoms with E-state index in [1.54, 1.807) is 0 Å². The first-order valence-electron chi connectivity index (χ1n) is 4.18. The minimum atomic E-state index is 1.08. The van der Waals surface area contributed by atoms with Gasteiger partial charge in [0, 0.05) is 11.9 Å². The lowest BCUT2D eigenvalue weighted by molar-refractivity contribution is 1.17. The van der Waals surface area contributed by atoms with Crippen molar-refractivity contribution in [1.82, 2.24) is 4.98 Å². The van der Waals surface area contributed by atoms with Crippen molar-refractivity contribution in [3.8, 4) is 0 Å². The third-order valence-electron chi connectivity index (χ3n) is 1.73. The largest absolute Gasteiger partial charge is 0.261 e. The summed E-state index contributed by atoms with van der Waals surface area (Å²) in [4.78, 5) is 4.25. The zero-order chi connectivity index (χ0) is 9.14. The molecule has 1 heterocycles. The zero-order valence-electron chi connectivity index (χ0n) is 8.18. The van der Waals surface area contributed by atoms with Gasteiger partial charge in [-0.05, 0) is 44.9 Å². The highest BCUT2D eigenvalue weighted by molar-refractivity contribution is 5.54. The van der Waals surface area contributed by atoms with Gasteiger partial charge in [0.25, 0.3) is 0 Å². The highest BCUT2D eigenvalue weighted by Crippen LogP contribution is 2.11. The number of aromatic nitrogens is 1. The molecule has 0 atom stereocenters. The predicted octanol–water partition coefficient (Wildman–Crippen LogP) is 3.12. The van der Waals surface area contributed by atoms with Gasteiger partial charge < -0.3 is 0 Å². The van der Waals surface area contributed by atoms with Crippen LogP contribution >= 0.6 is 0 Å². The Kier molecular flexibility index (Phi) is 2.64. The Morgan fingerprint density at radius 1 is 1.33 bits per heavy atom. The van der Waals surface area contributed by atoms with Crippen LogP contribution in [-0.2, 0) is 0 Å². The average molecular weight is 161 g/mol. The van der Waals surface area contributed by atoms with Gasteiger partial charge in [0.05, 0.1) is 0 Å². The van der Waals surface area contributed by atoms with Crippen LogP contribution in [0.4, 0.5) is 0 Å². The smallest absolute Gasteiger partial charge is 0.0375 e. The van der Waals surface area contributed by atoms with Crippen molar-refractivity contribution in [3.05, 3.63) is 34.7 Å². The normalized spacial score (nSPS) is 9.67. The molecule has 1 rings (SSSR count). The van der Waals surface area contributed by atoms with Crippen molar-refractivity contribution in [1.29, 1.82) is 0 Å². The number of nitrogens with zero attached hydrogens (tertiary/aromatic N) is 1. The van der Waals surface area contributed by atoms with Crippen molar-refractivity contribution < 1.29 is 0 Å². The Morgan fingerprint density at radius 2 is 2.00 bits per heavy atom. The van der Waals surface area contributed by atoms with Crippen LogP contribution in [0.2, 0.25) is 0 Å². The third-order valence-corrected chi connectivity index (χ3v) is 1.73. The first kappa shape index (κ1) is 8.98. The summed E-state index contributed by atoms with van der Waals surface area (Å²) < 4.78 is 0. The monoisotopic (exact) mass is 161 g/mol. The SMILES string of the molecule is CC(C)=Cc1cnc(C)cc1C. The van der Waals surface area contributed by atoms with Crippen LogP contribution < -0.4 is 0 Å². The number of hydrogen-bond donors (Lipinski definition) is 0. The minimum absolute atomic E-state index is 1.08. The fourth-order valence-electron chi connectivity index (χ4n) is 1.17. The Hall–Kier alpha value is -1.11. The average Bonchev–Trinajstić information content (AvgIpc) is 1.94. The molecule has 1 aromatic heterocycles. The molecular formula is C11H15N. The van der Waals surface area contributed by atoms with Gasteiger partial charge in [0.1, 0.15) is 0 Å². The molecule has 0 amide bonds.